The van der Waals surface area contributed by atoms with Gasteiger partial charge >= 0.3 is 0 Å². The van der Waals surface area contributed by atoms with Gasteiger partial charge in [-0.3, -0.25) is 0 Å². The van der Waals surface area contributed by atoms with E-state index in [0.717, 1.165) is 12.4 Å². The number of aryl methyl sites for hydroxylation is 2. The van der Waals surface area contributed by atoms with Gasteiger partial charge in [0.15, 0.2) is 0 Å². The molecule has 0 spiro atoms. The lowest BCUT2D eigenvalue weighted by Crippen LogP contribution is -2.05. The van der Waals surface area contributed by atoms with Crippen LogP contribution in [0, 0.1) is 13.8 Å². The van der Waals surface area contributed by atoms with Crippen LogP contribution in [0.2, 0.25) is 0 Å². The molecule has 1 heterocycles. The zero-order valence-corrected chi connectivity index (χ0v) is 11.6. The fourth-order valence-electron chi connectivity index (χ4n) is 1.85. The van der Waals surface area contributed by atoms with Gasteiger partial charge in [0.05, 0.1) is 6.61 Å². The molecule has 1 N–H and O–H groups in total. The van der Waals surface area contributed by atoms with E-state index in [1.807, 2.05) is 32.0 Å². The number of aromatic nitrogens is 2. The smallest absolute Gasteiger partial charge is 0.218 e. The normalized spacial score (nSPS) is 10.3. The lowest BCUT2D eigenvalue weighted by atomic mass is 10.1. The van der Waals surface area contributed by atoms with Crippen molar-refractivity contribution in [3.05, 3.63) is 47.3 Å². The molecule has 100 valence electrons. The predicted octanol–water partition coefficient (Wildman–Crippen LogP) is 3.10. The predicted molar refractivity (Wildman–Crippen MR) is 76.4 cm³/mol. The monoisotopic (exact) mass is 257 g/mol. The van der Waals surface area contributed by atoms with Gasteiger partial charge in [-0.05, 0) is 31.9 Å². The van der Waals surface area contributed by atoms with Gasteiger partial charge in [0.25, 0.3) is 0 Å². The Morgan fingerprint density at radius 1 is 1.16 bits per heavy atom. The van der Waals surface area contributed by atoms with Crippen LogP contribution >= 0.6 is 0 Å². The molecule has 0 radical (unpaired) electrons. The van der Waals surface area contributed by atoms with E-state index in [1.165, 1.54) is 11.1 Å². The maximum absolute atomic E-state index is 5.41. The molecular weight excluding hydrogens is 238 g/mol. The van der Waals surface area contributed by atoms with Crippen LogP contribution < -0.4 is 10.1 Å². The average molecular weight is 257 g/mol. The summed E-state index contributed by atoms with van der Waals surface area (Å²) in [5, 5.41) is 3.31. The van der Waals surface area contributed by atoms with Crippen molar-refractivity contribution in [2.24, 2.45) is 0 Å². The third-order valence-corrected chi connectivity index (χ3v) is 2.83. The number of nitrogens with zero attached hydrogens (tertiary/aromatic N) is 2. The summed E-state index contributed by atoms with van der Waals surface area (Å²) in [6.07, 6.45) is 0. The van der Waals surface area contributed by atoms with Gasteiger partial charge in [-0.15, -0.1) is 0 Å². The first-order valence-corrected chi connectivity index (χ1v) is 6.46. The van der Waals surface area contributed by atoms with Crippen molar-refractivity contribution in [2.45, 2.75) is 27.3 Å². The topological polar surface area (TPSA) is 47.0 Å². The van der Waals surface area contributed by atoms with E-state index < -0.39 is 0 Å². The molecule has 4 nitrogen and oxygen atoms in total. The van der Waals surface area contributed by atoms with Crippen LogP contribution in [0.4, 0.5) is 5.82 Å². The number of anilines is 1. The fourth-order valence-corrected chi connectivity index (χ4v) is 1.85. The van der Waals surface area contributed by atoms with E-state index in [1.54, 1.807) is 0 Å². The Bertz CT molecular complexity index is 555. The molecule has 1 aromatic carbocycles. The maximum Gasteiger partial charge on any atom is 0.218 e. The van der Waals surface area contributed by atoms with Crippen LogP contribution in [-0.2, 0) is 6.54 Å². The van der Waals surface area contributed by atoms with Crippen molar-refractivity contribution in [3.8, 4) is 5.88 Å². The number of nitrogens with one attached hydrogen (secondary N) is 1. The number of hydrogen-bond acceptors (Lipinski definition) is 4. The fraction of sp³-hybridized carbons (Fsp3) is 0.333. The third-order valence-electron chi connectivity index (χ3n) is 2.83. The van der Waals surface area contributed by atoms with E-state index in [2.05, 4.69) is 34.3 Å². The number of rotatable bonds is 5. The van der Waals surface area contributed by atoms with Crippen LogP contribution in [0.25, 0.3) is 0 Å². The molecular formula is C15H19N3O. The zero-order chi connectivity index (χ0) is 13.7. The van der Waals surface area contributed by atoms with Crippen molar-refractivity contribution in [1.29, 1.82) is 0 Å². The van der Waals surface area contributed by atoms with Gasteiger partial charge in [-0.2, -0.15) is 4.98 Å². The Labute approximate surface area is 113 Å². The van der Waals surface area contributed by atoms with Gasteiger partial charge in [0.2, 0.25) is 5.88 Å². The highest BCUT2D eigenvalue weighted by Crippen LogP contribution is 2.15. The minimum Gasteiger partial charge on any atom is -0.478 e. The summed E-state index contributed by atoms with van der Waals surface area (Å²) in [7, 11) is 0. The zero-order valence-electron chi connectivity index (χ0n) is 11.6. The van der Waals surface area contributed by atoms with Gasteiger partial charge in [0.1, 0.15) is 11.6 Å². The second-order valence-electron chi connectivity index (χ2n) is 4.35. The largest absolute Gasteiger partial charge is 0.478 e. The highest BCUT2D eigenvalue weighted by molar-refractivity contribution is 5.40. The molecule has 0 amide bonds. The van der Waals surface area contributed by atoms with E-state index in [4.69, 9.17) is 4.74 Å². The van der Waals surface area contributed by atoms with Crippen LogP contribution in [0.1, 0.15) is 23.9 Å². The Morgan fingerprint density at radius 2 is 1.95 bits per heavy atom. The molecule has 0 aliphatic rings. The molecule has 0 fully saturated rings. The summed E-state index contributed by atoms with van der Waals surface area (Å²) < 4.78 is 5.41. The minimum absolute atomic E-state index is 0.605. The molecule has 0 bridgehead atoms. The van der Waals surface area contributed by atoms with Gasteiger partial charge in [-0.25, -0.2) is 4.98 Å². The van der Waals surface area contributed by atoms with E-state index in [9.17, 15) is 0 Å². The average Bonchev–Trinajstić information content (AvgIpc) is 2.37. The van der Waals surface area contributed by atoms with Gasteiger partial charge in [0, 0.05) is 12.6 Å². The molecule has 1 aromatic heterocycles. The molecule has 2 rings (SSSR count). The lowest BCUT2D eigenvalue weighted by Gasteiger charge is -2.10. The molecule has 0 saturated heterocycles. The Hall–Kier alpha value is -2.10. The first-order chi connectivity index (χ1) is 9.19. The van der Waals surface area contributed by atoms with E-state index in [-0.39, 0.29) is 0 Å². The third kappa shape index (κ3) is 3.68. The Morgan fingerprint density at radius 3 is 2.68 bits per heavy atom. The van der Waals surface area contributed by atoms with Crippen molar-refractivity contribution >= 4 is 5.82 Å². The molecule has 4 heteroatoms. The molecule has 0 atom stereocenters. The van der Waals surface area contributed by atoms with E-state index in [0.29, 0.717) is 18.3 Å². The van der Waals surface area contributed by atoms with Gasteiger partial charge < -0.3 is 10.1 Å². The lowest BCUT2D eigenvalue weighted by molar-refractivity contribution is 0.325. The molecule has 0 aliphatic heterocycles. The van der Waals surface area contributed by atoms with Crippen molar-refractivity contribution in [3.63, 3.8) is 0 Å². The Kier molecular flexibility index (Phi) is 4.34. The van der Waals surface area contributed by atoms with Crippen LogP contribution in [0.5, 0.6) is 5.88 Å². The number of benzene rings is 1. The summed E-state index contributed by atoms with van der Waals surface area (Å²) in [5.41, 5.74) is 2.53. The van der Waals surface area contributed by atoms with Crippen molar-refractivity contribution < 1.29 is 4.74 Å². The first kappa shape index (κ1) is 13.3. The highest BCUT2D eigenvalue weighted by atomic mass is 16.5. The quantitative estimate of drug-likeness (QED) is 0.894. The van der Waals surface area contributed by atoms with Crippen LogP contribution in [0.3, 0.4) is 0 Å². The number of hydrogen-bond donors (Lipinski definition) is 1. The van der Waals surface area contributed by atoms with Gasteiger partial charge in [-0.1, -0.05) is 24.3 Å². The van der Waals surface area contributed by atoms with Crippen LogP contribution in [0.15, 0.2) is 30.3 Å². The summed E-state index contributed by atoms with van der Waals surface area (Å²) in [6.45, 7) is 7.26. The molecule has 0 unspecified atom stereocenters. The van der Waals surface area contributed by atoms with Crippen LogP contribution in [-0.4, -0.2) is 16.6 Å². The molecule has 2 aromatic rings. The molecule has 19 heavy (non-hydrogen) atoms. The van der Waals surface area contributed by atoms with Crippen molar-refractivity contribution in [1.82, 2.24) is 9.97 Å². The summed E-state index contributed by atoms with van der Waals surface area (Å²) in [5.74, 6) is 2.11. The van der Waals surface area contributed by atoms with E-state index >= 15 is 0 Å². The Balaban J connectivity index is 2.09. The number of ether oxygens (including phenoxy) is 1. The SMILES string of the molecule is CCOc1cc(NCc2ccccc2C)nc(C)n1. The minimum atomic E-state index is 0.605. The summed E-state index contributed by atoms with van der Waals surface area (Å²) in [6, 6.07) is 10.1. The first-order valence-electron chi connectivity index (χ1n) is 6.46. The molecule has 0 aliphatic carbocycles. The highest BCUT2D eigenvalue weighted by Gasteiger charge is 2.03. The summed E-state index contributed by atoms with van der Waals surface area (Å²) >= 11 is 0. The molecule has 0 saturated carbocycles. The second kappa shape index (κ2) is 6.18. The summed E-state index contributed by atoms with van der Waals surface area (Å²) in [4.78, 5) is 8.58. The van der Waals surface area contributed by atoms with Crippen molar-refractivity contribution in [2.75, 3.05) is 11.9 Å². The standard InChI is InChI=1S/C15H19N3O/c1-4-19-15-9-14(17-12(3)18-15)16-10-13-8-6-5-7-11(13)2/h5-9H,4,10H2,1-3H3,(H,16,17,18). The maximum atomic E-state index is 5.41. The second-order valence-corrected chi connectivity index (χ2v) is 4.35.